The van der Waals surface area contributed by atoms with Gasteiger partial charge in [0.15, 0.2) is 0 Å². The molecule has 0 amide bonds. The van der Waals surface area contributed by atoms with Crippen molar-refractivity contribution in [2.75, 3.05) is 11.9 Å². The number of phenolic OH excluding ortho intramolecular Hbond substituents is 1. The van der Waals surface area contributed by atoms with Crippen LogP contribution in [-0.2, 0) is 6.42 Å². The molecule has 0 spiro atoms. The monoisotopic (exact) mass is 269 g/mol. The lowest BCUT2D eigenvalue weighted by Gasteiger charge is -2.28. The molecule has 2 aromatic carbocycles. The van der Waals surface area contributed by atoms with E-state index in [1.807, 2.05) is 6.07 Å². The Kier molecular flexibility index (Phi) is 3.26. The van der Waals surface area contributed by atoms with Crippen LogP contribution in [-0.4, -0.2) is 17.8 Å². The molecule has 3 nitrogen and oxygen atoms in total. The first-order chi connectivity index (χ1) is 9.61. The van der Waals surface area contributed by atoms with Crippen molar-refractivity contribution in [3.05, 3.63) is 53.1 Å². The molecule has 0 saturated carbocycles. The van der Waals surface area contributed by atoms with E-state index in [2.05, 4.69) is 37.4 Å². The summed E-state index contributed by atoms with van der Waals surface area (Å²) < 4.78 is 5.99. The molecule has 3 heteroatoms. The Labute approximate surface area is 119 Å². The van der Waals surface area contributed by atoms with Crippen molar-refractivity contribution in [2.45, 2.75) is 26.4 Å². The van der Waals surface area contributed by atoms with Crippen molar-refractivity contribution < 1.29 is 9.84 Å². The van der Waals surface area contributed by atoms with Gasteiger partial charge in [-0.05, 0) is 37.1 Å². The number of anilines is 1. The summed E-state index contributed by atoms with van der Waals surface area (Å²) in [6, 6.07) is 11.7. The van der Waals surface area contributed by atoms with Crippen molar-refractivity contribution in [3.8, 4) is 11.5 Å². The molecule has 3 rings (SSSR count). The normalized spacial score (nSPS) is 17.0. The minimum Gasteiger partial charge on any atom is -0.508 e. The lowest BCUT2D eigenvalue weighted by molar-refractivity contribution is 0.205. The van der Waals surface area contributed by atoms with Crippen LogP contribution >= 0.6 is 0 Å². The van der Waals surface area contributed by atoms with E-state index in [1.165, 1.54) is 16.7 Å². The summed E-state index contributed by atoms with van der Waals surface area (Å²) in [5.74, 6) is 0.962. The number of aryl methyl sites for hydroxylation is 2. The lowest BCUT2D eigenvalue weighted by atomic mass is 9.99. The minimum absolute atomic E-state index is 0.0878. The number of hydrogen-bond donors (Lipinski definition) is 2. The van der Waals surface area contributed by atoms with Crippen LogP contribution in [0.3, 0.4) is 0 Å². The number of nitrogens with one attached hydrogen (secondary N) is 1. The molecule has 1 heterocycles. The molecule has 0 bridgehead atoms. The molecule has 1 aliphatic heterocycles. The zero-order valence-corrected chi connectivity index (χ0v) is 11.8. The molecule has 20 heavy (non-hydrogen) atoms. The molecule has 2 N–H and O–H groups in total. The third kappa shape index (κ3) is 2.57. The fourth-order valence-electron chi connectivity index (χ4n) is 2.58. The molecule has 1 atom stereocenters. The summed E-state index contributed by atoms with van der Waals surface area (Å²) in [5.41, 5.74) is 4.83. The third-order valence-electron chi connectivity index (χ3n) is 3.73. The molecule has 0 saturated heterocycles. The van der Waals surface area contributed by atoms with E-state index in [0.717, 1.165) is 24.4 Å². The van der Waals surface area contributed by atoms with E-state index in [9.17, 15) is 5.11 Å². The number of fused-ring (bicyclic) bond motifs is 1. The van der Waals surface area contributed by atoms with E-state index >= 15 is 0 Å². The second-order valence-electron chi connectivity index (χ2n) is 5.44. The number of aromatic hydroxyl groups is 1. The van der Waals surface area contributed by atoms with Crippen LogP contribution in [0.2, 0.25) is 0 Å². The summed E-state index contributed by atoms with van der Waals surface area (Å²) in [4.78, 5) is 0. The van der Waals surface area contributed by atoms with Crippen molar-refractivity contribution in [1.29, 1.82) is 0 Å². The second kappa shape index (κ2) is 5.08. The van der Waals surface area contributed by atoms with Crippen LogP contribution in [0.4, 0.5) is 5.69 Å². The third-order valence-corrected chi connectivity index (χ3v) is 3.73. The van der Waals surface area contributed by atoms with Crippen LogP contribution in [0, 0.1) is 13.8 Å². The predicted octanol–water partition coefficient (Wildman–Crippen LogP) is 3.42. The molecule has 1 aliphatic rings. The molecular formula is C17H19NO2. The second-order valence-corrected chi connectivity index (χ2v) is 5.44. The first kappa shape index (κ1) is 12.9. The number of ether oxygens (including phenoxy) is 1. The van der Waals surface area contributed by atoms with E-state index in [-0.39, 0.29) is 11.9 Å². The van der Waals surface area contributed by atoms with Gasteiger partial charge in [-0.3, -0.25) is 0 Å². The molecule has 0 aliphatic carbocycles. The van der Waals surface area contributed by atoms with Gasteiger partial charge in [-0.2, -0.15) is 0 Å². The molecule has 0 fully saturated rings. The van der Waals surface area contributed by atoms with Crippen molar-refractivity contribution in [1.82, 2.24) is 0 Å². The fraction of sp³-hybridized carbons (Fsp3) is 0.294. The largest absolute Gasteiger partial charge is 0.508 e. The van der Waals surface area contributed by atoms with Gasteiger partial charge in [-0.1, -0.05) is 23.8 Å². The molecule has 0 aromatic heterocycles. The molecule has 0 radical (unpaired) electrons. The van der Waals surface area contributed by atoms with Gasteiger partial charge in [-0.15, -0.1) is 0 Å². The van der Waals surface area contributed by atoms with Crippen molar-refractivity contribution >= 4 is 5.69 Å². The van der Waals surface area contributed by atoms with Crippen LogP contribution in [0.1, 0.15) is 16.7 Å². The average molecular weight is 269 g/mol. The van der Waals surface area contributed by atoms with Crippen molar-refractivity contribution in [2.24, 2.45) is 0 Å². The standard InChI is InChI=1S/C17H19NO2/c1-11-3-4-12(2)13(7-11)8-15-10-18-16-6-5-14(19)9-17(16)20-15/h3-7,9,15,18-19H,8,10H2,1-2H3. The summed E-state index contributed by atoms with van der Waals surface area (Å²) in [5, 5.41) is 12.9. The first-order valence-electron chi connectivity index (χ1n) is 6.91. The van der Waals surface area contributed by atoms with Gasteiger partial charge >= 0.3 is 0 Å². The lowest BCUT2D eigenvalue weighted by Crippen LogP contribution is -2.32. The Bertz CT molecular complexity index is 637. The summed E-state index contributed by atoms with van der Waals surface area (Å²) in [7, 11) is 0. The van der Waals surface area contributed by atoms with Gasteiger partial charge in [0.05, 0.1) is 12.2 Å². The number of benzene rings is 2. The fourth-order valence-corrected chi connectivity index (χ4v) is 2.58. The number of phenols is 1. The predicted molar refractivity (Wildman–Crippen MR) is 80.6 cm³/mol. The molecule has 104 valence electrons. The van der Waals surface area contributed by atoms with Gasteiger partial charge in [-0.25, -0.2) is 0 Å². The van der Waals surface area contributed by atoms with Gasteiger partial charge in [0.25, 0.3) is 0 Å². The smallest absolute Gasteiger partial charge is 0.146 e. The zero-order chi connectivity index (χ0) is 14.1. The summed E-state index contributed by atoms with van der Waals surface area (Å²) in [6.07, 6.45) is 0.958. The first-order valence-corrected chi connectivity index (χ1v) is 6.91. The zero-order valence-electron chi connectivity index (χ0n) is 11.8. The van der Waals surface area contributed by atoms with Crippen molar-refractivity contribution in [3.63, 3.8) is 0 Å². The SMILES string of the molecule is Cc1ccc(C)c(CC2CNc3ccc(O)cc3O2)c1. The summed E-state index contributed by atoms with van der Waals surface area (Å²) in [6.45, 7) is 5.02. The number of hydrogen-bond acceptors (Lipinski definition) is 3. The van der Waals surface area contributed by atoms with Gasteiger partial charge in [0, 0.05) is 12.5 Å². The molecular weight excluding hydrogens is 250 g/mol. The Morgan fingerprint density at radius 2 is 2.05 bits per heavy atom. The highest BCUT2D eigenvalue weighted by atomic mass is 16.5. The van der Waals surface area contributed by atoms with E-state index in [0.29, 0.717) is 0 Å². The highest BCUT2D eigenvalue weighted by molar-refractivity contribution is 5.60. The Balaban J connectivity index is 1.78. The molecule has 2 aromatic rings. The van der Waals surface area contributed by atoms with E-state index < -0.39 is 0 Å². The van der Waals surface area contributed by atoms with E-state index in [1.54, 1.807) is 12.1 Å². The Hall–Kier alpha value is -2.16. The van der Waals surface area contributed by atoms with Crippen LogP contribution < -0.4 is 10.1 Å². The maximum Gasteiger partial charge on any atom is 0.146 e. The highest BCUT2D eigenvalue weighted by Crippen LogP contribution is 2.33. The topological polar surface area (TPSA) is 41.5 Å². The Morgan fingerprint density at radius 3 is 2.90 bits per heavy atom. The van der Waals surface area contributed by atoms with Crippen LogP contribution in [0.25, 0.3) is 0 Å². The van der Waals surface area contributed by atoms with Crippen LogP contribution in [0.15, 0.2) is 36.4 Å². The van der Waals surface area contributed by atoms with Gasteiger partial charge < -0.3 is 15.2 Å². The molecule has 1 unspecified atom stereocenters. The van der Waals surface area contributed by atoms with E-state index in [4.69, 9.17) is 4.74 Å². The van der Waals surface area contributed by atoms with Gasteiger partial charge in [0.1, 0.15) is 17.6 Å². The Morgan fingerprint density at radius 1 is 1.20 bits per heavy atom. The summed E-state index contributed by atoms with van der Waals surface area (Å²) >= 11 is 0. The highest BCUT2D eigenvalue weighted by Gasteiger charge is 2.20. The quantitative estimate of drug-likeness (QED) is 0.821. The average Bonchev–Trinajstić information content (AvgIpc) is 2.42. The number of rotatable bonds is 2. The van der Waals surface area contributed by atoms with Gasteiger partial charge in [0.2, 0.25) is 0 Å². The maximum atomic E-state index is 9.54. The van der Waals surface area contributed by atoms with Crippen LogP contribution in [0.5, 0.6) is 11.5 Å². The maximum absolute atomic E-state index is 9.54. The minimum atomic E-state index is 0.0878.